The van der Waals surface area contributed by atoms with E-state index < -0.39 is 0 Å². The number of rotatable bonds is 5. The summed E-state index contributed by atoms with van der Waals surface area (Å²) < 4.78 is 7.71. The molecule has 0 saturated carbocycles. The lowest BCUT2D eigenvalue weighted by Gasteiger charge is -2.33. The first kappa shape index (κ1) is 17.6. The maximum atomic E-state index is 9.06. The SMILES string of the molecule is OCCn1ccc([C@H]2CCCN(CC3=Cc4cc(Cl)ccc4OC3)C2)n1. The van der Waals surface area contributed by atoms with Crippen LogP contribution in [0.4, 0.5) is 0 Å². The molecule has 0 unspecified atom stereocenters. The summed E-state index contributed by atoms with van der Waals surface area (Å²) in [7, 11) is 0. The molecule has 0 bridgehead atoms. The number of piperidine rings is 1. The van der Waals surface area contributed by atoms with Gasteiger partial charge in [0.25, 0.3) is 0 Å². The standard InChI is InChI=1S/C20H24ClN3O2/c21-18-3-4-20-17(11-18)10-15(14-26-20)12-23-6-1-2-16(13-23)19-5-7-24(22-19)8-9-25/h3-5,7,10-11,16,25H,1-2,6,8-9,12-14H2/t16-/m0/s1. The van der Waals surface area contributed by atoms with Gasteiger partial charge in [0, 0.05) is 35.8 Å². The summed E-state index contributed by atoms with van der Waals surface area (Å²) in [5.74, 6) is 1.36. The van der Waals surface area contributed by atoms with Crippen molar-refractivity contribution in [3.05, 3.63) is 52.3 Å². The molecule has 2 aromatic rings. The van der Waals surface area contributed by atoms with Gasteiger partial charge in [0.05, 0.1) is 18.8 Å². The van der Waals surface area contributed by atoms with Crippen LogP contribution in [-0.2, 0) is 6.54 Å². The lowest BCUT2D eigenvalue weighted by molar-refractivity contribution is 0.212. The highest BCUT2D eigenvalue weighted by atomic mass is 35.5. The number of hydrogen-bond donors (Lipinski definition) is 1. The molecule has 2 aliphatic rings. The molecule has 6 heteroatoms. The maximum Gasteiger partial charge on any atom is 0.127 e. The molecule has 1 fully saturated rings. The Labute approximate surface area is 158 Å². The topological polar surface area (TPSA) is 50.5 Å². The molecule has 1 atom stereocenters. The molecule has 1 aromatic heterocycles. The van der Waals surface area contributed by atoms with Crippen molar-refractivity contribution in [2.24, 2.45) is 0 Å². The quantitative estimate of drug-likeness (QED) is 0.874. The lowest BCUT2D eigenvalue weighted by atomic mass is 9.94. The number of aromatic nitrogens is 2. The number of ether oxygens (including phenoxy) is 1. The third kappa shape index (κ3) is 3.95. The molecular formula is C20H24ClN3O2. The second kappa shape index (κ2) is 7.82. The van der Waals surface area contributed by atoms with E-state index in [9.17, 15) is 0 Å². The number of likely N-dealkylation sites (tertiary alicyclic amines) is 1. The van der Waals surface area contributed by atoms with Gasteiger partial charge >= 0.3 is 0 Å². The summed E-state index contributed by atoms with van der Waals surface area (Å²) in [5, 5.41) is 14.4. The number of aliphatic hydroxyl groups excluding tert-OH is 1. The first-order chi connectivity index (χ1) is 12.7. The van der Waals surface area contributed by atoms with Gasteiger partial charge < -0.3 is 9.84 Å². The van der Waals surface area contributed by atoms with Crippen LogP contribution < -0.4 is 4.74 Å². The fraction of sp³-hybridized carbons (Fsp3) is 0.450. The third-order valence-corrected chi connectivity index (χ3v) is 5.32. The van der Waals surface area contributed by atoms with Crippen LogP contribution in [0.2, 0.25) is 5.02 Å². The highest BCUT2D eigenvalue weighted by Crippen LogP contribution is 2.31. The van der Waals surface area contributed by atoms with Crippen molar-refractivity contribution < 1.29 is 9.84 Å². The molecule has 0 aliphatic carbocycles. The molecule has 1 saturated heterocycles. The Morgan fingerprint density at radius 2 is 2.23 bits per heavy atom. The molecule has 3 heterocycles. The molecule has 1 aromatic carbocycles. The second-order valence-corrected chi connectivity index (χ2v) is 7.51. The van der Waals surface area contributed by atoms with Gasteiger partial charge in [0.15, 0.2) is 0 Å². The van der Waals surface area contributed by atoms with Crippen LogP contribution in [0, 0.1) is 0 Å². The van der Waals surface area contributed by atoms with Gasteiger partial charge in [0.1, 0.15) is 12.4 Å². The summed E-state index contributed by atoms with van der Waals surface area (Å²) in [6, 6.07) is 7.85. The van der Waals surface area contributed by atoms with Gasteiger partial charge in [0.2, 0.25) is 0 Å². The predicted octanol–water partition coefficient (Wildman–Crippen LogP) is 3.18. The van der Waals surface area contributed by atoms with Gasteiger partial charge in [-0.2, -0.15) is 5.10 Å². The predicted molar refractivity (Wildman–Crippen MR) is 103 cm³/mol. The van der Waals surface area contributed by atoms with E-state index in [0.717, 1.165) is 41.7 Å². The fourth-order valence-corrected chi connectivity index (χ4v) is 4.02. The van der Waals surface area contributed by atoms with Crippen LogP contribution in [0.25, 0.3) is 6.08 Å². The van der Waals surface area contributed by atoms with Crippen molar-refractivity contribution in [1.29, 1.82) is 0 Å². The summed E-state index contributed by atoms with van der Waals surface area (Å²) in [6.45, 7) is 4.35. The molecule has 0 radical (unpaired) electrons. The van der Waals surface area contributed by atoms with Gasteiger partial charge in [-0.3, -0.25) is 9.58 Å². The molecule has 138 valence electrons. The number of hydrogen-bond acceptors (Lipinski definition) is 4. The molecule has 1 N–H and O–H groups in total. The first-order valence-electron chi connectivity index (χ1n) is 9.19. The Morgan fingerprint density at radius 1 is 1.31 bits per heavy atom. The van der Waals surface area contributed by atoms with Gasteiger partial charge in [-0.1, -0.05) is 11.6 Å². The van der Waals surface area contributed by atoms with Crippen LogP contribution in [0.5, 0.6) is 5.75 Å². The average Bonchev–Trinajstić information content (AvgIpc) is 3.11. The highest BCUT2D eigenvalue weighted by Gasteiger charge is 2.24. The smallest absolute Gasteiger partial charge is 0.127 e. The van der Waals surface area contributed by atoms with Crippen LogP contribution in [0.1, 0.15) is 30.0 Å². The van der Waals surface area contributed by atoms with Crippen molar-refractivity contribution in [2.75, 3.05) is 32.8 Å². The van der Waals surface area contributed by atoms with Gasteiger partial charge in [-0.15, -0.1) is 0 Å². The Hall–Kier alpha value is -1.82. The minimum Gasteiger partial charge on any atom is -0.489 e. The molecule has 4 rings (SSSR count). The minimum absolute atomic E-state index is 0.123. The Kier molecular flexibility index (Phi) is 5.29. The Bertz CT molecular complexity index is 802. The molecule has 0 amide bonds. The largest absolute Gasteiger partial charge is 0.489 e. The van der Waals surface area contributed by atoms with Crippen molar-refractivity contribution in [2.45, 2.75) is 25.3 Å². The lowest BCUT2D eigenvalue weighted by Crippen LogP contribution is -2.36. The first-order valence-corrected chi connectivity index (χ1v) is 9.57. The summed E-state index contributed by atoms with van der Waals surface area (Å²) >= 11 is 6.11. The van der Waals surface area contributed by atoms with E-state index in [1.807, 2.05) is 29.1 Å². The summed E-state index contributed by atoms with van der Waals surface area (Å²) in [5.41, 5.74) is 3.48. The van der Waals surface area contributed by atoms with E-state index in [2.05, 4.69) is 22.1 Å². The monoisotopic (exact) mass is 373 g/mol. The molecule has 0 spiro atoms. The molecular weight excluding hydrogens is 350 g/mol. The number of fused-ring (bicyclic) bond motifs is 1. The van der Waals surface area contributed by atoms with Crippen molar-refractivity contribution >= 4 is 17.7 Å². The molecule has 5 nitrogen and oxygen atoms in total. The van der Waals surface area contributed by atoms with Crippen molar-refractivity contribution in [1.82, 2.24) is 14.7 Å². The zero-order valence-corrected chi connectivity index (χ0v) is 15.5. The third-order valence-electron chi connectivity index (χ3n) is 5.09. The normalized spacial score (nSPS) is 20.4. The Balaban J connectivity index is 1.42. The van der Waals surface area contributed by atoms with Crippen molar-refractivity contribution in [3.8, 4) is 5.75 Å². The number of benzene rings is 1. The minimum atomic E-state index is 0.123. The number of nitrogens with zero attached hydrogens (tertiary/aromatic N) is 3. The van der Waals surface area contributed by atoms with Gasteiger partial charge in [-0.25, -0.2) is 0 Å². The van der Waals surface area contributed by atoms with Crippen molar-refractivity contribution in [3.63, 3.8) is 0 Å². The fourth-order valence-electron chi connectivity index (χ4n) is 3.84. The number of aliphatic hydroxyl groups is 1. The number of halogens is 1. The average molecular weight is 374 g/mol. The Morgan fingerprint density at radius 3 is 3.12 bits per heavy atom. The second-order valence-electron chi connectivity index (χ2n) is 7.07. The summed E-state index contributed by atoms with van der Waals surface area (Å²) in [6.07, 6.45) is 6.52. The van der Waals surface area contributed by atoms with E-state index in [4.69, 9.17) is 21.4 Å². The summed E-state index contributed by atoms with van der Waals surface area (Å²) in [4.78, 5) is 2.49. The van der Waals surface area contributed by atoms with E-state index in [0.29, 0.717) is 19.1 Å². The highest BCUT2D eigenvalue weighted by molar-refractivity contribution is 6.30. The van der Waals surface area contributed by atoms with Crippen LogP contribution >= 0.6 is 11.6 Å². The van der Waals surface area contributed by atoms with Gasteiger partial charge in [-0.05, 0) is 55.3 Å². The van der Waals surface area contributed by atoms with E-state index in [1.54, 1.807) is 0 Å². The van der Waals surface area contributed by atoms with Crippen LogP contribution in [0.15, 0.2) is 36.0 Å². The molecule has 26 heavy (non-hydrogen) atoms. The zero-order chi connectivity index (χ0) is 17.9. The van der Waals surface area contributed by atoms with Crippen LogP contribution in [0.3, 0.4) is 0 Å². The van der Waals surface area contributed by atoms with E-state index in [1.165, 1.54) is 18.4 Å². The van der Waals surface area contributed by atoms with E-state index >= 15 is 0 Å². The zero-order valence-electron chi connectivity index (χ0n) is 14.8. The van der Waals surface area contributed by atoms with E-state index in [-0.39, 0.29) is 6.61 Å². The molecule has 2 aliphatic heterocycles. The maximum absolute atomic E-state index is 9.06. The van der Waals surface area contributed by atoms with Crippen LogP contribution in [-0.4, -0.2) is 52.6 Å².